The summed E-state index contributed by atoms with van der Waals surface area (Å²) in [6, 6.07) is 3.51. The smallest absolute Gasteiger partial charge is 0.364 e. The van der Waals surface area contributed by atoms with Gasteiger partial charge in [-0.3, -0.25) is 0 Å². The molecule has 0 aromatic carbocycles. The van der Waals surface area contributed by atoms with Gasteiger partial charge in [-0.15, -0.1) is 5.10 Å². The Morgan fingerprint density at radius 1 is 1.53 bits per heavy atom. The summed E-state index contributed by atoms with van der Waals surface area (Å²) < 4.78 is 1.19. The first-order valence-corrected chi connectivity index (χ1v) is 5.45. The molecule has 17 heavy (non-hydrogen) atoms. The van der Waals surface area contributed by atoms with Gasteiger partial charge in [0.25, 0.3) is 0 Å². The van der Waals surface area contributed by atoms with Gasteiger partial charge in [0.05, 0.1) is 6.10 Å². The number of fused-ring (bicyclic) bond motifs is 1. The first-order valence-electron chi connectivity index (χ1n) is 5.45. The van der Waals surface area contributed by atoms with Crippen molar-refractivity contribution >= 4 is 11.5 Å². The molecule has 0 amide bonds. The van der Waals surface area contributed by atoms with Crippen LogP contribution in [0.4, 0.5) is 5.82 Å². The number of hydrogen-bond acceptors (Lipinski definition) is 5. The second-order valence-corrected chi connectivity index (χ2v) is 4.15. The lowest BCUT2D eigenvalue weighted by Crippen LogP contribution is -2.22. The average molecular weight is 237 g/mol. The Hall–Kier alpha value is -1.89. The van der Waals surface area contributed by atoms with Gasteiger partial charge in [0.1, 0.15) is 5.82 Å². The monoisotopic (exact) mass is 237 g/mol. The summed E-state index contributed by atoms with van der Waals surface area (Å²) in [5.74, 6) is 0.578. The third-order valence-corrected chi connectivity index (χ3v) is 2.36. The number of aliphatic hydroxyl groups excluding tert-OH is 1. The van der Waals surface area contributed by atoms with Crippen LogP contribution in [0.2, 0.25) is 0 Å². The zero-order valence-corrected chi connectivity index (χ0v) is 9.71. The van der Waals surface area contributed by atoms with E-state index >= 15 is 0 Å². The Kier molecular flexibility index (Phi) is 3.10. The Morgan fingerprint density at radius 3 is 3.00 bits per heavy atom. The Labute approximate surface area is 97.5 Å². The third kappa shape index (κ3) is 2.62. The second kappa shape index (κ2) is 4.54. The Bertz CT molecular complexity index is 559. The first kappa shape index (κ1) is 11.6. The van der Waals surface area contributed by atoms with E-state index in [1.165, 1.54) is 4.52 Å². The van der Waals surface area contributed by atoms with E-state index in [0.717, 1.165) is 0 Å². The summed E-state index contributed by atoms with van der Waals surface area (Å²) in [4.78, 5) is 11.3. The third-order valence-electron chi connectivity index (χ3n) is 2.36. The highest BCUT2D eigenvalue weighted by Gasteiger charge is 2.08. The minimum Gasteiger partial charge on any atom is -0.393 e. The molecule has 0 radical (unpaired) electrons. The van der Waals surface area contributed by atoms with Gasteiger partial charge >= 0.3 is 5.69 Å². The van der Waals surface area contributed by atoms with E-state index in [0.29, 0.717) is 17.9 Å². The predicted molar refractivity (Wildman–Crippen MR) is 63.0 cm³/mol. The number of anilines is 1. The maximum atomic E-state index is 11.3. The molecule has 0 aliphatic carbocycles. The van der Waals surface area contributed by atoms with Crippen LogP contribution in [0.15, 0.2) is 16.9 Å². The molecule has 2 aromatic heterocycles. The SMILES string of the molecule is CC(O)CC(C)Nc1ccc2n[nH]c(=O)n2n1. The lowest BCUT2D eigenvalue weighted by Gasteiger charge is -2.15. The highest BCUT2D eigenvalue weighted by molar-refractivity contribution is 5.43. The van der Waals surface area contributed by atoms with Crippen LogP contribution in [0, 0.1) is 0 Å². The maximum absolute atomic E-state index is 11.3. The summed E-state index contributed by atoms with van der Waals surface area (Å²) in [6.07, 6.45) is 0.234. The van der Waals surface area contributed by atoms with Gasteiger partial charge in [-0.25, -0.2) is 9.89 Å². The molecule has 0 aliphatic heterocycles. The van der Waals surface area contributed by atoms with E-state index in [9.17, 15) is 9.90 Å². The molecule has 92 valence electrons. The van der Waals surface area contributed by atoms with Crippen molar-refractivity contribution in [1.82, 2.24) is 19.8 Å². The molecule has 0 saturated carbocycles. The average Bonchev–Trinajstić information content (AvgIpc) is 2.59. The fraction of sp³-hybridized carbons (Fsp3) is 0.500. The van der Waals surface area contributed by atoms with E-state index < -0.39 is 0 Å². The van der Waals surface area contributed by atoms with Crippen LogP contribution in [0.1, 0.15) is 20.3 Å². The standard InChI is InChI=1S/C10H15N5O2/c1-6(5-7(2)16)11-8-3-4-9-12-13-10(17)15(9)14-8/h3-4,6-7,16H,5H2,1-2H3,(H,11,14)(H,13,17). The van der Waals surface area contributed by atoms with Crippen LogP contribution in [0.3, 0.4) is 0 Å². The summed E-state index contributed by atoms with van der Waals surface area (Å²) in [5, 5.41) is 22.6. The highest BCUT2D eigenvalue weighted by atomic mass is 16.3. The van der Waals surface area contributed by atoms with E-state index in [1.54, 1.807) is 19.1 Å². The van der Waals surface area contributed by atoms with Gasteiger partial charge in [-0.1, -0.05) is 0 Å². The van der Waals surface area contributed by atoms with E-state index in [2.05, 4.69) is 20.6 Å². The molecule has 7 nitrogen and oxygen atoms in total. The zero-order chi connectivity index (χ0) is 12.4. The fourth-order valence-electron chi connectivity index (χ4n) is 1.70. The Balaban J connectivity index is 2.19. The summed E-state index contributed by atoms with van der Waals surface area (Å²) in [5.41, 5.74) is 0.107. The lowest BCUT2D eigenvalue weighted by molar-refractivity contribution is 0.179. The molecule has 0 saturated heterocycles. The minimum atomic E-state index is -0.377. The number of rotatable bonds is 4. The van der Waals surface area contributed by atoms with Crippen molar-refractivity contribution in [3.63, 3.8) is 0 Å². The van der Waals surface area contributed by atoms with Crippen molar-refractivity contribution in [3.05, 3.63) is 22.6 Å². The van der Waals surface area contributed by atoms with Crippen LogP contribution in [0.5, 0.6) is 0 Å². The molecule has 3 N–H and O–H groups in total. The first-order chi connectivity index (χ1) is 8.06. The number of aromatic nitrogens is 4. The zero-order valence-electron chi connectivity index (χ0n) is 9.71. The molecule has 0 bridgehead atoms. The molecule has 0 fully saturated rings. The van der Waals surface area contributed by atoms with Crippen molar-refractivity contribution in [2.75, 3.05) is 5.32 Å². The van der Waals surface area contributed by atoms with Crippen LogP contribution >= 0.6 is 0 Å². The van der Waals surface area contributed by atoms with E-state index in [1.807, 2.05) is 6.92 Å². The van der Waals surface area contributed by atoms with Gasteiger partial charge in [0, 0.05) is 6.04 Å². The van der Waals surface area contributed by atoms with Gasteiger partial charge in [-0.05, 0) is 32.4 Å². The molecule has 2 heterocycles. The molecule has 2 rings (SSSR count). The van der Waals surface area contributed by atoms with Crippen LogP contribution in [0.25, 0.3) is 5.65 Å². The number of nitrogens with zero attached hydrogens (tertiary/aromatic N) is 3. The number of H-pyrrole nitrogens is 1. The quantitative estimate of drug-likeness (QED) is 0.695. The van der Waals surface area contributed by atoms with Crippen LogP contribution in [-0.4, -0.2) is 37.1 Å². The largest absolute Gasteiger partial charge is 0.393 e. The van der Waals surface area contributed by atoms with Gasteiger partial charge in [-0.2, -0.15) is 9.61 Å². The summed E-state index contributed by atoms with van der Waals surface area (Å²) in [7, 11) is 0. The van der Waals surface area contributed by atoms with Crippen LogP contribution < -0.4 is 11.0 Å². The van der Waals surface area contributed by atoms with Crippen molar-refractivity contribution in [2.24, 2.45) is 0 Å². The number of aliphatic hydroxyl groups is 1. The minimum absolute atomic E-state index is 0.0718. The molecule has 2 aromatic rings. The van der Waals surface area contributed by atoms with Gasteiger partial charge in [0.15, 0.2) is 5.65 Å². The molecule has 0 aliphatic rings. The molecule has 0 spiro atoms. The summed E-state index contributed by atoms with van der Waals surface area (Å²) in [6.45, 7) is 3.67. The molecular formula is C10H15N5O2. The van der Waals surface area contributed by atoms with Crippen molar-refractivity contribution in [3.8, 4) is 0 Å². The van der Waals surface area contributed by atoms with Crippen molar-refractivity contribution in [2.45, 2.75) is 32.4 Å². The maximum Gasteiger partial charge on any atom is 0.364 e. The van der Waals surface area contributed by atoms with Gasteiger partial charge in [0.2, 0.25) is 0 Å². The van der Waals surface area contributed by atoms with E-state index in [-0.39, 0.29) is 17.8 Å². The fourth-order valence-corrected chi connectivity index (χ4v) is 1.70. The normalized spacial score (nSPS) is 14.8. The van der Waals surface area contributed by atoms with Gasteiger partial charge < -0.3 is 10.4 Å². The molecular weight excluding hydrogens is 222 g/mol. The molecule has 2 atom stereocenters. The lowest BCUT2D eigenvalue weighted by atomic mass is 10.1. The van der Waals surface area contributed by atoms with Crippen molar-refractivity contribution in [1.29, 1.82) is 0 Å². The number of nitrogens with one attached hydrogen (secondary N) is 2. The number of aromatic amines is 1. The second-order valence-electron chi connectivity index (χ2n) is 4.15. The van der Waals surface area contributed by atoms with E-state index in [4.69, 9.17) is 0 Å². The molecule has 7 heteroatoms. The summed E-state index contributed by atoms with van der Waals surface area (Å²) >= 11 is 0. The predicted octanol–water partition coefficient (Wildman–Crippen LogP) is -0.0111. The number of hydrogen-bond donors (Lipinski definition) is 3. The molecule has 2 unspecified atom stereocenters. The topological polar surface area (TPSA) is 95.3 Å². The Morgan fingerprint density at radius 2 is 2.29 bits per heavy atom. The van der Waals surface area contributed by atoms with Crippen molar-refractivity contribution < 1.29 is 5.11 Å². The van der Waals surface area contributed by atoms with Crippen LogP contribution in [-0.2, 0) is 0 Å². The highest BCUT2D eigenvalue weighted by Crippen LogP contribution is 2.07.